The molecule has 1 amide bonds. The first-order valence-electron chi connectivity index (χ1n) is 8.84. The Morgan fingerprint density at radius 1 is 1.22 bits per heavy atom. The predicted octanol–water partition coefficient (Wildman–Crippen LogP) is 3.12. The van der Waals surface area contributed by atoms with Gasteiger partial charge in [-0.3, -0.25) is 4.79 Å². The first kappa shape index (κ1) is 17.8. The summed E-state index contributed by atoms with van der Waals surface area (Å²) in [5, 5.41) is 1.35. The van der Waals surface area contributed by atoms with Crippen molar-refractivity contribution in [2.45, 2.75) is 12.5 Å². The SMILES string of the molecule is CN(C)C1CCN(C(=O)c2cc(-c3cncnc3)nc3ccc(Cl)cc23)C1. The predicted molar refractivity (Wildman–Crippen MR) is 106 cm³/mol. The summed E-state index contributed by atoms with van der Waals surface area (Å²) < 4.78 is 0. The molecule has 27 heavy (non-hydrogen) atoms. The lowest BCUT2D eigenvalue weighted by Gasteiger charge is -2.21. The highest BCUT2D eigenvalue weighted by atomic mass is 35.5. The number of rotatable bonds is 3. The maximum Gasteiger partial charge on any atom is 0.254 e. The van der Waals surface area contributed by atoms with Crippen LogP contribution in [0.25, 0.3) is 22.2 Å². The van der Waals surface area contributed by atoms with Gasteiger partial charge in [-0.15, -0.1) is 0 Å². The summed E-state index contributed by atoms with van der Waals surface area (Å²) in [6, 6.07) is 7.64. The Hall–Kier alpha value is -2.57. The minimum Gasteiger partial charge on any atom is -0.337 e. The van der Waals surface area contributed by atoms with E-state index in [-0.39, 0.29) is 5.91 Å². The molecular formula is C20H20ClN5O. The molecule has 0 bridgehead atoms. The van der Waals surface area contributed by atoms with Crippen molar-refractivity contribution in [3.63, 3.8) is 0 Å². The molecule has 1 fully saturated rings. The Morgan fingerprint density at radius 2 is 2.00 bits per heavy atom. The number of hydrogen-bond donors (Lipinski definition) is 0. The minimum atomic E-state index is 0.00659. The minimum absolute atomic E-state index is 0.00659. The van der Waals surface area contributed by atoms with Crippen molar-refractivity contribution in [2.75, 3.05) is 27.2 Å². The number of likely N-dealkylation sites (N-methyl/N-ethyl adjacent to an activating group) is 1. The highest BCUT2D eigenvalue weighted by Crippen LogP contribution is 2.28. The molecule has 1 unspecified atom stereocenters. The monoisotopic (exact) mass is 381 g/mol. The fourth-order valence-corrected chi connectivity index (χ4v) is 3.64. The Kier molecular flexibility index (Phi) is 4.76. The topological polar surface area (TPSA) is 62.2 Å². The largest absolute Gasteiger partial charge is 0.337 e. The highest BCUT2D eigenvalue weighted by Gasteiger charge is 2.29. The number of likely N-dealkylation sites (tertiary alicyclic amines) is 1. The number of carbonyl (C=O) groups excluding carboxylic acids is 1. The van der Waals surface area contributed by atoms with Crippen molar-refractivity contribution in [2.24, 2.45) is 0 Å². The van der Waals surface area contributed by atoms with Crippen LogP contribution < -0.4 is 0 Å². The van der Waals surface area contributed by atoms with Crippen molar-refractivity contribution in [1.82, 2.24) is 24.8 Å². The maximum absolute atomic E-state index is 13.3. The van der Waals surface area contributed by atoms with Crippen molar-refractivity contribution in [1.29, 1.82) is 0 Å². The molecule has 1 aliphatic rings. The van der Waals surface area contributed by atoms with Crippen LogP contribution in [-0.4, -0.2) is 63.9 Å². The molecular weight excluding hydrogens is 362 g/mol. The number of amides is 1. The van der Waals surface area contributed by atoms with Crippen LogP contribution in [0.1, 0.15) is 16.8 Å². The van der Waals surface area contributed by atoms with Gasteiger partial charge in [0.05, 0.1) is 16.8 Å². The van der Waals surface area contributed by atoms with Crippen LogP contribution in [0.15, 0.2) is 43.0 Å². The Balaban J connectivity index is 1.80. The second kappa shape index (κ2) is 7.21. The summed E-state index contributed by atoms with van der Waals surface area (Å²) in [6.45, 7) is 1.47. The van der Waals surface area contributed by atoms with Crippen LogP contribution in [-0.2, 0) is 0 Å². The molecule has 3 heterocycles. The summed E-state index contributed by atoms with van der Waals surface area (Å²) in [6.07, 6.45) is 5.84. The van der Waals surface area contributed by atoms with E-state index in [1.54, 1.807) is 18.5 Å². The van der Waals surface area contributed by atoms with Gasteiger partial charge in [0.1, 0.15) is 6.33 Å². The number of aromatic nitrogens is 3. The van der Waals surface area contributed by atoms with Gasteiger partial charge >= 0.3 is 0 Å². The van der Waals surface area contributed by atoms with Crippen molar-refractivity contribution in [3.05, 3.63) is 53.6 Å². The van der Waals surface area contributed by atoms with E-state index in [4.69, 9.17) is 11.6 Å². The van der Waals surface area contributed by atoms with Gasteiger partial charge in [-0.1, -0.05) is 11.6 Å². The molecule has 0 aliphatic carbocycles. The molecule has 1 atom stereocenters. The normalized spacial score (nSPS) is 17.0. The van der Waals surface area contributed by atoms with Crippen molar-refractivity contribution < 1.29 is 4.79 Å². The molecule has 1 aromatic carbocycles. The zero-order valence-electron chi connectivity index (χ0n) is 15.3. The van der Waals surface area contributed by atoms with Gasteiger partial charge in [-0.2, -0.15) is 0 Å². The van der Waals surface area contributed by atoms with E-state index in [0.717, 1.165) is 36.0 Å². The lowest BCUT2D eigenvalue weighted by atomic mass is 10.0. The lowest BCUT2D eigenvalue weighted by Crippen LogP contribution is -2.34. The first-order valence-corrected chi connectivity index (χ1v) is 9.22. The first-order chi connectivity index (χ1) is 13.0. The quantitative estimate of drug-likeness (QED) is 0.697. The van der Waals surface area contributed by atoms with Gasteiger partial charge in [-0.05, 0) is 44.8 Å². The molecule has 1 saturated heterocycles. The molecule has 4 rings (SSSR count). The fourth-order valence-electron chi connectivity index (χ4n) is 3.47. The molecule has 6 nitrogen and oxygen atoms in total. The molecule has 138 valence electrons. The number of halogens is 1. The van der Waals surface area contributed by atoms with Crippen LogP contribution in [0, 0.1) is 0 Å². The second-order valence-corrected chi connectivity index (χ2v) is 7.44. The molecule has 0 spiro atoms. The Morgan fingerprint density at radius 3 is 2.70 bits per heavy atom. The molecule has 2 aromatic heterocycles. The van der Waals surface area contributed by atoms with Gasteiger partial charge in [0, 0.05) is 47.5 Å². The molecule has 0 radical (unpaired) electrons. The average molecular weight is 382 g/mol. The number of fused-ring (bicyclic) bond motifs is 1. The van der Waals surface area contributed by atoms with Crippen molar-refractivity contribution >= 4 is 28.4 Å². The highest BCUT2D eigenvalue weighted by molar-refractivity contribution is 6.31. The average Bonchev–Trinajstić information content (AvgIpc) is 3.18. The number of benzene rings is 1. The zero-order valence-corrected chi connectivity index (χ0v) is 16.0. The molecule has 0 N–H and O–H groups in total. The molecule has 7 heteroatoms. The third kappa shape index (κ3) is 3.50. The van der Waals surface area contributed by atoms with Crippen LogP contribution in [0.4, 0.5) is 0 Å². The van der Waals surface area contributed by atoms with Gasteiger partial charge in [-0.25, -0.2) is 15.0 Å². The molecule has 1 aliphatic heterocycles. The number of carbonyl (C=O) groups is 1. The van der Waals surface area contributed by atoms with Gasteiger partial charge in [0.25, 0.3) is 5.91 Å². The van der Waals surface area contributed by atoms with E-state index in [9.17, 15) is 4.79 Å². The smallest absolute Gasteiger partial charge is 0.254 e. The van der Waals surface area contributed by atoms with Crippen LogP contribution in [0.2, 0.25) is 5.02 Å². The van der Waals surface area contributed by atoms with E-state index in [1.807, 2.05) is 37.2 Å². The summed E-state index contributed by atoms with van der Waals surface area (Å²) in [7, 11) is 4.10. The molecule has 3 aromatic rings. The van der Waals surface area contributed by atoms with Crippen LogP contribution >= 0.6 is 11.6 Å². The third-order valence-corrected chi connectivity index (χ3v) is 5.27. The third-order valence-electron chi connectivity index (χ3n) is 5.04. The van der Waals surface area contributed by atoms with E-state index in [1.165, 1.54) is 6.33 Å². The van der Waals surface area contributed by atoms with E-state index in [2.05, 4.69) is 19.9 Å². The van der Waals surface area contributed by atoms with E-state index >= 15 is 0 Å². The summed E-state index contributed by atoms with van der Waals surface area (Å²) in [5.41, 5.74) is 2.79. The van der Waals surface area contributed by atoms with Gasteiger partial charge in [0.2, 0.25) is 0 Å². The zero-order chi connectivity index (χ0) is 19.0. The maximum atomic E-state index is 13.3. The van der Waals surface area contributed by atoms with E-state index in [0.29, 0.717) is 22.3 Å². The summed E-state index contributed by atoms with van der Waals surface area (Å²) in [4.78, 5) is 30.2. The Bertz CT molecular complexity index is 992. The fraction of sp³-hybridized carbons (Fsp3) is 0.300. The molecule has 0 saturated carbocycles. The number of pyridine rings is 1. The standard InChI is InChI=1S/C20H20ClN5O/c1-25(2)15-5-6-26(11-15)20(27)17-8-19(13-9-22-12-23-10-13)24-18-4-3-14(21)7-16(17)18/h3-4,7-10,12,15H,5-6,11H2,1-2H3. The van der Waals surface area contributed by atoms with Gasteiger partial charge < -0.3 is 9.80 Å². The van der Waals surface area contributed by atoms with Crippen LogP contribution in [0.5, 0.6) is 0 Å². The second-order valence-electron chi connectivity index (χ2n) is 7.00. The lowest BCUT2D eigenvalue weighted by molar-refractivity contribution is 0.0785. The van der Waals surface area contributed by atoms with Crippen molar-refractivity contribution in [3.8, 4) is 11.3 Å². The number of nitrogens with zero attached hydrogens (tertiary/aromatic N) is 5. The van der Waals surface area contributed by atoms with Gasteiger partial charge in [0.15, 0.2) is 0 Å². The summed E-state index contributed by atoms with van der Waals surface area (Å²) in [5.74, 6) is 0.00659. The van der Waals surface area contributed by atoms with Crippen LogP contribution in [0.3, 0.4) is 0 Å². The van der Waals surface area contributed by atoms with E-state index < -0.39 is 0 Å². The Labute approximate surface area is 162 Å². The summed E-state index contributed by atoms with van der Waals surface area (Å²) >= 11 is 6.20. The number of hydrogen-bond acceptors (Lipinski definition) is 5.